The van der Waals surface area contributed by atoms with Gasteiger partial charge in [0.1, 0.15) is 6.04 Å². The number of nitriles is 1. The summed E-state index contributed by atoms with van der Waals surface area (Å²) in [6.07, 6.45) is 5.69. The van der Waals surface area contributed by atoms with E-state index in [1.807, 2.05) is 36.4 Å². The molecule has 232 valence electrons. The highest BCUT2D eigenvalue weighted by atomic mass is 16.2. The molecule has 4 aliphatic rings. The standard InChI is InChI=1S/C33H37N9O3/c1-35-30(44)21-7-9-25-19(11-21)5-6-20-12-22(31(45)36-2)8-10-26(20)33(25,32-38-40-41-39-32)15-27(18-3-4-18)37-17-29(43)42-24(16-34)13-23-14-28(23)42/h7-12,18,23-24,27-28,37H,3-6,13-15,17H2,1-2H3,(H,35,44)(H,36,45)(H,38,39,40,41)/t23-,24?,27+,28+/m1/s1. The van der Waals surface area contributed by atoms with Crippen LogP contribution in [-0.2, 0) is 23.1 Å². The van der Waals surface area contributed by atoms with Gasteiger partial charge in [0, 0.05) is 37.3 Å². The van der Waals surface area contributed by atoms with Crippen LogP contribution in [0.25, 0.3) is 0 Å². The minimum atomic E-state index is -0.860. The number of likely N-dealkylation sites (tertiary alicyclic amines) is 1. The van der Waals surface area contributed by atoms with Crippen LogP contribution in [0.4, 0.5) is 0 Å². The summed E-state index contributed by atoms with van der Waals surface area (Å²) in [4.78, 5) is 40.7. The van der Waals surface area contributed by atoms with E-state index in [1.165, 1.54) is 0 Å². The number of aryl methyl sites for hydroxylation is 2. The summed E-state index contributed by atoms with van der Waals surface area (Å²) >= 11 is 0. The zero-order valence-electron chi connectivity index (χ0n) is 25.5. The van der Waals surface area contributed by atoms with Gasteiger partial charge in [0.05, 0.1) is 18.0 Å². The van der Waals surface area contributed by atoms with E-state index in [2.05, 4.69) is 42.6 Å². The monoisotopic (exact) mass is 607 g/mol. The number of nitrogens with zero attached hydrogens (tertiary/aromatic N) is 5. The van der Waals surface area contributed by atoms with Crippen molar-refractivity contribution in [3.05, 3.63) is 75.6 Å². The number of benzene rings is 2. The third-order valence-corrected chi connectivity index (χ3v) is 10.3. The average Bonchev–Trinajstić information content (AvgIpc) is 3.98. The number of nitrogens with one attached hydrogen (secondary N) is 4. The lowest BCUT2D eigenvalue weighted by Gasteiger charge is -2.38. The molecular formula is C33H37N9O3. The summed E-state index contributed by atoms with van der Waals surface area (Å²) in [6.45, 7) is 0.151. The Kier molecular flexibility index (Phi) is 7.36. The first kappa shape index (κ1) is 29.1. The highest BCUT2D eigenvalue weighted by Crippen LogP contribution is 2.50. The van der Waals surface area contributed by atoms with Crippen molar-refractivity contribution in [3.63, 3.8) is 0 Å². The molecule has 3 aromatic rings. The maximum atomic E-state index is 13.5. The van der Waals surface area contributed by atoms with Gasteiger partial charge >= 0.3 is 0 Å². The van der Waals surface area contributed by atoms with Crippen LogP contribution in [0.5, 0.6) is 0 Å². The molecular weight excluding hydrogens is 570 g/mol. The van der Waals surface area contributed by atoms with Crippen LogP contribution < -0.4 is 16.0 Å². The fourth-order valence-electron chi connectivity index (χ4n) is 7.81. The zero-order valence-corrected chi connectivity index (χ0v) is 25.5. The molecule has 12 nitrogen and oxygen atoms in total. The van der Waals surface area contributed by atoms with Gasteiger partial charge in [-0.05, 0) is 114 Å². The molecule has 0 radical (unpaired) electrons. The van der Waals surface area contributed by atoms with Crippen LogP contribution >= 0.6 is 0 Å². The summed E-state index contributed by atoms with van der Waals surface area (Å²) < 4.78 is 0. The van der Waals surface area contributed by atoms with Gasteiger partial charge in [-0.25, -0.2) is 5.10 Å². The first-order valence-electron chi connectivity index (χ1n) is 15.8. The van der Waals surface area contributed by atoms with Crippen LogP contribution in [0.15, 0.2) is 36.4 Å². The first-order chi connectivity index (χ1) is 21.9. The zero-order chi connectivity index (χ0) is 31.3. The lowest BCUT2D eigenvalue weighted by Crippen LogP contribution is -2.48. The Balaban J connectivity index is 1.32. The van der Waals surface area contributed by atoms with Crippen molar-refractivity contribution in [2.75, 3.05) is 20.6 Å². The molecule has 1 aromatic heterocycles. The summed E-state index contributed by atoms with van der Waals surface area (Å²) in [7, 11) is 3.23. The van der Waals surface area contributed by atoms with Crippen LogP contribution in [0.1, 0.15) is 80.9 Å². The van der Waals surface area contributed by atoms with Gasteiger partial charge in [-0.2, -0.15) is 5.26 Å². The Morgan fingerprint density at radius 2 is 1.67 bits per heavy atom. The van der Waals surface area contributed by atoms with Crippen molar-refractivity contribution < 1.29 is 14.4 Å². The number of H-pyrrole nitrogens is 1. The molecule has 2 saturated carbocycles. The van der Waals surface area contributed by atoms with Crippen LogP contribution in [0.3, 0.4) is 0 Å². The predicted molar refractivity (Wildman–Crippen MR) is 163 cm³/mol. The van der Waals surface area contributed by atoms with Crippen molar-refractivity contribution in [1.29, 1.82) is 5.26 Å². The Morgan fingerprint density at radius 3 is 2.20 bits per heavy atom. The number of aromatic nitrogens is 4. The number of rotatable bonds is 9. The number of hydrogen-bond acceptors (Lipinski definition) is 8. The molecule has 4 atom stereocenters. The molecule has 3 fully saturated rings. The van der Waals surface area contributed by atoms with Crippen LogP contribution in [0.2, 0.25) is 0 Å². The quantitative estimate of drug-likeness (QED) is 0.285. The number of tetrazole rings is 1. The Hall–Kier alpha value is -4.63. The molecule has 1 unspecified atom stereocenters. The second-order valence-corrected chi connectivity index (χ2v) is 12.8. The fourth-order valence-corrected chi connectivity index (χ4v) is 7.81. The van der Waals surface area contributed by atoms with Crippen molar-refractivity contribution in [2.45, 2.75) is 68.5 Å². The molecule has 7 rings (SSSR count). The van der Waals surface area contributed by atoms with E-state index in [4.69, 9.17) is 0 Å². The van der Waals surface area contributed by atoms with E-state index >= 15 is 0 Å². The van der Waals surface area contributed by atoms with Gasteiger partial charge in [0.2, 0.25) is 5.91 Å². The molecule has 12 heteroatoms. The fraction of sp³-hybridized carbons (Fsp3) is 0.485. The Bertz CT molecular complexity index is 1630. The molecule has 1 saturated heterocycles. The molecule has 45 heavy (non-hydrogen) atoms. The Labute approximate surface area is 261 Å². The third-order valence-electron chi connectivity index (χ3n) is 10.3. The maximum absolute atomic E-state index is 13.5. The molecule has 0 bridgehead atoms. The number of carbonyl (C=O) groups excluding carboxylic acids is 3. The molecule has 2 heterocycles. The Morgan fingerprint density at radius 1 is 1.02 bits per heavy atom. The van der Waals surface area contributed by atoms with E-state index in [1.54, 1.807) is 19.0 Å². The van der Waals surface area contributed by atoms with Crippen molar-refractivity contribution in [2.24, 2.45) is 11.8 Å². The van der Waals surface area contributed by atoms with Gasteiger partial charge in [-0.15, -0.1) is 5.10 Å². The van der Waals surface area contributed by atoms with Gasteiger partial charge in [-0.3, -0.25) is 14.4 Å². The molecule has 4 N–H and O–H groups in total. The van der Waals surface area contributed by atoms with E-state index in [9.17, 15) is 19.6 Å². The number of aromatic amines is 1. The minimum Gasteiger partial charge on any atom is -0.355 e. The summed E-state index contributed by atoms with van der Waals surface area (Å²) in [5.74, 6) is 1.02. The van der Waals surface area contributed by atoms with E-state index in [0.29, 0.717) is 48.0 Å². The van der Waals surface area contributed by atoms with Crippen LogP contribution in [0, 0.1) is 23.2 Å². The van der Waals surface area contributed by atoms with Crippen molar-refractivity contribution in [1.82, 2.24) is 41.5 Å². The number of hydrogen-bond donors (Lipinski definition) is 4. The van der Waals surface area contributed by atoms with E-state index in [-0.39, 0.29) is 42.4 Å². The predicted octanol–water partition coefficient (Wildman–Crippen LogP) is 1.62. The molecule has 1 aliphatic heterocycles. The number of fused-ring (bicyclic) bond motifs is 3. The maximum Gasteiger partial charge on any atom is 0.251 e. The molecule has 0 spiro atoms. The van der Waals surface area contributed by atoms with Gasteiger partial charge in [-0.1, -0.05) is 12.1 Å². The topological polar surface area (TPSA) is 169 Å². The first-order valence-corrected chi connectivity index (χ1v) is 15.8. The van der Waals surface area contributed by atoms with Crippen molar-refractivity contribution in [3.8, 4) is 6.07 Å². The van der Waals surface area contributed by atoms with E-state index < -0.39 is 5.41 Å². The normalized spacial score (nSPS) is 23.0. The SMILES string of the molecule is CNC(=O)c1ccc2c(c1)CCc1cc(C(=O)NC)ccc1C2(C[C@H](NCC(=O)N1C(C#N)C[C@@H]2C[C@@H]21)C1CC1)c1nnn[nH]1. The molecule has 3 amide bonds. The lowest BCUT2D eigenvalue weighted by molar-refractivity contribution is -0.131. The lowest BCUT2D eigenvalue weighted by atomic mass is 9.67. The number of piperidine rings is 1. The smallest absolute Gasteiger partial charge is 0.251 e. The highest BCUT2D eigenvalue weighted by molar-refractivity contribution is 5.95. The average molecular weight is 608 g/mol. The second kappa shape index (κ2) is 11.4. The van der Waals surface area contributed by atoms with Gasteiger partial charge in [0.25, 0.3) is 11.8 Å². The molecule has 2 aromatic carbocycles. The summed E-state index contributed by atoms with van der Waals surface area (Å²) in [6, 6.07) is 13.7. The summed E-state index contributed by atoms with van der Waals surface area (Å²) in [5.41, 5.74) is 4.26. The van der Waals surface area contributed by atoms with Crippen molar-refractivity contribution >= 4 is 17.7 Å². The van der Waals surface area contributed by atoms with Crippen LogP contribution in [-0.4, -0.2) is 82.0 Å². The number of carbonyl (C=O) groups is 3. The second-order valence-electron chi connectivity index (χ2n) is 12.8. The van der Waals surface area contributed by atoms with Gasteiger partial charge in [0.15, 0.2) is 5.82 Å². The highest BCUT2D eigenvalue weighted by Gasteiger charge is 2.54. The van der Waals surface area contributed by atoms with Gasteiger partial charge < -0.3 is 20.9 Å². The third kappa shape index (κ3) is 5.05. The summed E-state index contributed by atoms with van der Waals surface area (Å²) in [5, 5.41) is 34.3. The van der Waals surface area contributed by atoms with E-state index in [0.717, 1.165) is 47.9 Å². The number of amides is 3. The molecule has 3 aliphatic carbocycles. The largest absolute Gasteiger partial charge is 0.355 e. The minimum absolute atomic E-state index is 0.0281.